The first-order valence-corrected chi connectivity index (χ1v) is 11.6. The first-order valence-electron chi connectivity index (χ1n) is 10.8. The van der Waals surface area contributed by atoms with Crippen LogP contribution < -0.4 is 10.2 Å². The van der Waals surface area contributed by atoms with Gasteiger partial charge in [0.15, 0.2) is 0 Å². The number of hydrogen-bond donors (Lipinski definition) is 1. The number of thiazole rings is 1. The van der Waals surface area contributed by atoms with Crippen LogP contribution in [0.4, 0.5) is 5.69 Å². The van der Waals surface area contributed by atoms with Gasteiger partial charge in [-0.3, -0.25) is 14.5 Å². The average molecular weight is 450 g/mol. The molecule has 166 valence electrons. The maximum Gasteiger partial charge on any atom is 0.271 e. The lowest BCUT2D eigenvalue weighted by molar-refractivity contribution is -0.123. The molecule has 3 aromatic rings. The van der Waals surface area contributed by atoms with E-state index in [9.17, 15) is 9.59 Å². The molecule has 1 aliphatic rings. The summed E-state index contributed by atoms with van der Waals surface area (Å²) < 4.78 is 5.67. The van der Waals surface area contributed by atoms with Crippen molar-refractivity contribution in [2.45, 2.75) is 38.8 Å². The highest BCUT2D eigenvalue weighted by molar-refractivity contribution is 7.13. The van der Waals surface area contributed by atoms with Gasteiger partial charge in [0.05, 0.1) is 16.8 Å². The lowest BCUT2D eigenvalue weighted by Crippen LogP contribution is -2.45. The fourth-order valence-electron chi connectivity index (χ4n) is 3.98. The molecule has 2 atom stereocenters. The molecule has 2 unspecified atom stereocenters. The molecule has 4 rings (SSSR count). The Hall–Kier alpha value is -3.03. The summed E-state index contributed by atoms with van der Waals surface area (Å²) in [5.41, 5.74) is 2.07. The van der Waals surface area contributed by atoms with Gasteiger partial charge >= 0.3 is 0 Å². The molecule has 1 saturated heterocycles. The van der Waals surface area contributed by atoms with Crippen molar-refractivity contribution in [3.05, 3.63) is 81.8 Å². The summed E-state index contributed by atoms with van der Waals surface area (Å²) >= 11 is 1.35. The Labute approximate surface area is 192 Å². The van der Waals surface area contributed by atoms with Gasteiger partial charge in [0.25, 0.3) is 5.91 Å². The second-order valence-corrected chi connectivity index (χ2v) is 9.05. The SMILES string of the molecule is Cc1nc(C)c(C(=O)N(c2ccccc2)C(C(=O)NCC2CCCO2)c2ccccc2)s1. The third-order valence-corrected chi connectivity index (χ3v) is 6.56. The number of aromatic nitrogens is 1. The molecule has 7 heteroatoms. The Morgan fingerprint density at radius 3 is 2.41 bits per heavy atom. The van der Waals surface area contributed by atoms with Gasteiger partial charge in [0.2, 0.25) is 5.91 Å². The van der Waals surface area contributed by atoms with E-state index in [2.05, 4.69) is 10.3 Å². The van der Waals surface area contributed by atoms with Gasteiger partial charge < -0.3 is 10.1 Å². The molecule has 0 saturated carbocycles. The van der Waals surface area contributed by atoms with E-state index in [1.807, 2.05) is 74.5 Å². The van der Waals surface area contributed by atoms with Gasteiger partial charge in [-0.05, 0) is 44.4 Å². The monoisotopic (exact) mass is 449 g/mol. The Kier molecular flexibility index (Phi) is 6.97. The Balaban J connectivity index is 1.74. The Morgan fingerprint density at radius 2 is 1.81 bits per heavy atom. The van der Waals surface area contributed by atoms with Crippen molar-refractivity contribution in [3.8, 4) is 0 Å². The summed E-state index contributed by atoms with van der Waals surface area (Å²) in [7, 11) is 0. The fourth-order valence-corrected chi connectivity index (χ4v) is 4.84. The van der Waals surface area contributed by atoms with E-state index in [0.717, 1.165) is 30.0 Å². The second kappa shape index (κ2) is 10.1. The number of carbonyl (C=O) groups excluding carboxylic acids is 2. The number of carbonyl (C=O) groups is 2. The zero-order valence-electron chi connectivity index (χ0n) is 18.3. The van der Waals surface area contributed by atoms with Crippen molar-refractivity contribution in [2.75, 3.05) is 18.1 Å². The van der Waals surface area contributed by atoms with Gasteiger partial charge in [-0.15, -0.1) is 11.3 Å². The first-order chi connectivity index (χ1) is 15.5. The van der Waals surface area contributed by atoms with Crippen molar-refractivity contribution < 1.29 is 14.3 Å². The molecule has 2 aromatic carbocycles. The van der Waals surface area contributed by atoms with Crippen LogP contribution >= 0.6 is 11.3 Å². The van der Waals surface area contributed by atoms with Crippen molar-refractivity contribution in [1.29, 1.82) is 0 Å². The van der Waals surface area contributed by atoms with Crippen LogP contribution in [0.1, 0.15) is 44.8 Å². The van der Waals surface area contributed by atoms with E-state index in [1.54, 1.807) is 4.90 Å². The summed E-state index contributed by atoms with van der Waals surface area (Å²) in [4.78, 5) is 34.0. The molecule has 1 N–H and O–H groups in total. The highest BCUT2D eigenvalue weighted by Gasteiger charge is 2.35. The average Bonchev–Trinajstić information content (AvgIpc) is 3.45. The highest BCUT2D eigenvalue weighted by atomic mass is 32.1. The lowest BCUT2D eigenvalue weighted by Gasteiger charge is -2.31. The summed E-state index contributed by atoms with van der Waals surface area (Å²) in [6, 6.07) is 17.9. The number of nitrogens with one attached hydrogen (secondary N) is 1. The van der Waals surface area contributed by atoms with E-state index < -0.39 is 6.04 Å². The molecule has 2 heterocycles. The predicted molar refractivity (Wildman–Crippen MR) is 126 cm³/mol. The minimum absolute atomic E-state index is 0.0163. The third-order valence-electron chi connectivity index (χ3n) is 5.50. The van der Waals surface area contributed by atoms with E-state index in [0.29, 0.717) is 22.8 Å². The van der Waals surface area contributed by atoms with Crippen LogP contribution in [0.15, 0.2) is 60.7 Å². The smallest absolute Gasteiger partial charge is 0.271 e. The van der Waals surface area contributed by atoms with Gasteiger partial charge in [0.1, 0.15) is 10.9 Å². The quantitative estimate of drug-likeness (QED) is 0.579. The van der Waals surface area contributed by atoms with Crippen molar-refractivity contribution in [2.24, 2.45) is 0 Å². The zero-order chi connectivity index (χ0) is 22.5. The van der Waals surface area contributed by atoms with Crippen molar-refractivity contribution >= 4 is 28.8 Å². The lowest BCUT2D eigenvalue weighted by atomic mass is 10.0. The van der Waals surface area contributed by atoms with Crippen LogP contribution in [0.5, 0.6) is 0 Å². The summed E-state index contributed by atoms with van der Waals surface area (Å²) in [6.07, 6.45) is 1.95. The normalized spacial score (nSPS) is 16.5. The molecule has 1 fully saturated rings. The number of para-hydroxylation sites is 1. The van der Waals surface area contributed by atoms with Gasteiger partial charge in [-0.2, -0.15) is 0 Å². The minimum atomic E-state index is -0.825. The molecule has 0 aliphatic carbocycles. The van der Waals surface area contributed by atoms with E-state index in [1.165, 1.54) is 11.3 Å². The topological polar surface area (TPSA) is 71.5 Å². The summed E-state index contributed by atoms with van der Waals surface area (Å²) in [5, 5.41) is 3.85. The molecule has 0 spiro atoms. The van der Waals surface area contributed by atoms with Gasteiger partial charge in [-0.1, -0.05) is 48.5 Å². The number of ether oxygens (including phenoxy) is 1. The molecule has 0 bridgehead atoms. The number of anilines is 1. The van der Waals surface area contributed by atoms with Crippen LogP contribution in [0, 0.1) is 13.8 Å². The molecular weight excluding hydrogens is 422 g/mol. The van der Waals surface area contributed by atoms with Crippen LogP contribution in [0.25, 0.3) is 0 Å². The minimum Gasteiger partial charge on any atom is -0.376 e. The van der Waals surface area contributed by atoms with Crippen molar-refractivity contribution in [1.82, 2.24) is 10.3 Å². The number of amides is 2. The Bertz CT molecular complexity index is 1060. The predicted octanol–water partition coefficient (Wildman–Crippen LogP) is 4.44. The summed E-state index contributed by atoms with van der Waals surface area (Å²) in [6.45, 7) is 4.86. The molecule has 1 aliphatic heterocycles. The molecule has 1 aromatic heterocycles. The maximum absolute atomic E-state index is 13.9. The van der Waals surface area contributed by atoms with Crippen LogP contribution in [-0.4, -0.2) is 36.1 Å². The molecule has 2 amide bonds. The fraction of sp³-hybridized carbons (Fsp3) is 0.320. The highest BCUT2D eigenvalue weighted by Crippen LogP contribution is 2.32. The number of hydrogen-bond acceptors (Lipinski definition) is 5. The summed E-state index contributed by atoms with van der Waals surface area (Å²) in [5.74, 6) is -0.469. The molecule has 32 heavy (non-hydrogen) atoms. The van der Waals surface area contributed by atoms with E-state index in [4.69, 9.17) is 4.74 Å². The molecular formula is C25H27N3O3S. The van der Waals surface area contributed by atoms with Gasteiger partial charge in [0, 0.05) is 18.8 Å². The van der Waals surface area contributed by atoms with Crippen molar-refractivity contribution in [3.63, 3.8) is 0 Å². The van der Waals surface area contributed by atoms with Gasteiger partial charge in [-0.25, -0.2) is 4.98 Å². The third kappa shape index (κ3) is 4.89. The molecule has 6 nitrogen and oxygen atoms in total. The van der Waals surface area contributed by atoms with Crippen LogP contribution in [0.3, 0.4) is 0 Å². The van der Waals surface area contributed by atoms with E-state index in [-0.39, 0.29) is 17.9 Å². The van der Waals surface area contributed by atoms with Crippen LogP contribution in [-0.2, 0) is 9.53 Å². The largest absolute Gasteiger partial charge is 0.376 e. The second-order valence-electron chi connectivity index (χ2n) is 7.85. The van der Waals surface area contributed by atoms with E-state index >= 15 is 0 Å². The first kappa shape index (κ1) is 22.2. The standard InChI is InChI=1S/C25H27N3O3S/c1-17-23(32-18(2)27-17)25(30)28(20-12-7-4-8-13-20)22(19-10-5-3-6-11-19)24(29)26-16-21-14-9-15-31-21/h3-8,10-13,21-22H,9,14-16H2,1-2H3,(H,26,29). The Morgan fingerprint density at radius 1 is 1.12 bits per heavy atom. The van der Waals surface area contributed by atoms with Crippen LogP contribution in [0.2, 0.25) is 0 Å². The number of benzene rings is 2. The zero-order valence-corrected chi connectivity index (χ0v) is 19.1. The number of aryl methyl sites for hydroxylation is 2. The number of rotatable bonds is 7. The maximum atomic E-state index is 13.9. The number of nitrogens with zero attached hydrogens (tertiary/aromatic N) is 2. The molecule has 0 radical (unpaired) electrons.